The molecule has 1 aliphatic heterocycles. The second-order valence-electron chi connectivity index (χ2n) is 4.84. The Morgan fingerprint density at radius 3 is 3.16 bits per heavy atom. The molecule has 102 valence electrons. The van der Waals surface area contributed by atoms with Crippen LogP contribution in [0.3, 0.4) is 0 Å². The van der Waals surface area contributed by atoms with Gasteiger partial charge in [-0.25, -0.2) is 4.98 Å². The van der Waals surface area contributed by atoms with Gasteiger partial charge in [-0.3, -0.25) is 0 Å². The summed E-state index contributed by atoms with van der Waals surface area (Å²) in [6.07, 6.45) is 1.10. The average molecular weight is 324 g/mol. The van der Waals surface area contributed by atoms with Gasteiger partial charge in [0.2, 0.25) is 0 Å². The lowest BCUT2D eigenvalue weighted by atomic mass is 10.2. The Morgan fingerprint density at radius 1 is 1.53 bits per heavy atom. The molecular weight excluding hydrogens is 306 g/mol. The van der Waals surface area contributed by atoms with Gasteiger partial charge in [-0.05, 0) is 24.6 Å². The molecule has 2 heterocycles. The van der Waals surface area contributed by atoms with Crippen molar-refractivity contribution in [3.63, 3.8) is 0 Å². The highest BCUT2D eigenvalue weighted by Gasteiger charge is 2.22. The third kappa shape index (κ3) is 2.55. The Labute approximate surface area is 121 Å². The van der Waals surface area contributed by atoms with Crippen molar-refractivity contribution in [1.29, 1.82) is 0 Å². The van der Waals surface area contributed by atoms with Gasteiger partial charge in [0, 0.05) is 17.6 Å². The third-order valence-electron chi connectivity index (χ3n) is 3.42. The smallest absolute Gasteiger partial charge is 0.129 e. The second kappa shape index (κ2) is 5.61. The molecule has 1 aliphatic rings. The maximum atomic E-state index is 5.56. The van der Waals surface area contributed by atoms with E-state index in [1.165, 1.54) is 5.52 Å². The molecule has 0 saturated carbocycles. The normalized spacial score (nSPS) is 20.0. The van der Waals surface area contributed by atoms with Gasteiger partial charge in [0.05, 0.1) is 30.3 Å². The fourth-order valence-corrected chi connectivity index (χ4v) is 2.93. The summed E-state index contributed by atoms with van der Waals surface area (Å²) in [4.78, 5) is 4.81. The molecule has 3 rings (SSSR count). The van der Waals surface area contributed by atoms with E-state index in [0.717, 1.165) is 41.9 Å². The quantitative estimate of drug-likeness (QED) is 0.944. The number of imidazole rings is 1. The molecular formula is C14H18BrN3O. The third-order valence-corrected chi connectivity index (χ3v) is 3.91. The lowest BCUT2D eigenvalue weighted by Crippen LogP contribution is -2.36. The van der Waals surface area contributed by atoms with Gasteiger partial charge >= 0.3 is 0 Å². The molecule has 0 spiro atoms. The number of aryl methyl sites for hydroxylation is 1. The van der Waals surface area contributed by atoms with Crippen LogP contribution < -0.4 is 5.32 Å². The summed E-state index contributed by atoms with van der Waals surface area (Å²) in [5.41, 5.74) is 2.25. The first-order chi connectivity index (χ1) is 9.29. The van der Waals surface area contributed by atoms with Crippen LogP contribution in [0.1, 0.15) is 25.2 Å². The number of nitrogens with zero attached hydrogens (tertiary/aromatic N) is 2. The Balaban J connectivity index is 2.08. The Morgan fingerprint density at radius 2 is 2.42 bits per heavy atom. The minimum Gasteiger partial charge on any atom is -0.378 e. The summed E-state index contributed by atoms with van der Waals surface area (Å²) in [7, 11) is 0. The molecule has 1 aromatic carbocycles. The second-order valence-corrected chi connectivity index (χ2v) is 5.75. The van der Waals surface area contributed by atoms with Crippen molar-refractivity contribution in [3.05, 3.63) is 28.5 Å². The number of aromatic nitrogens is 2. The highest BCUT2D eigenvalue weighted by Crippen LogP contribution is 2.25. The molecule has 1 N–H and O–H groups in total. The summed E-state index contributed by atoms with van der Waals surface area (Å²) in [5, 5.41) is 3.49. The van der Waals surface area contributed by atoms with Crippen molar-refractivity contribution in [2.75, 3.05) is 19.8 Å². The van der Waals surface area contributed by atoms with Crippen LogP contribution in [0.15, 0.2) is 22.7 Å². The first-order valence-corrected chi connectivity index (χ1v) is 7.55. The van der Waals surface area contributed by atoms with Crippen molar-refractivity contribution in [2.24, 2.45) is 0 Å². The number of nitrogens with one attached hydrogen (secondary N) is 1. The SMILES string of the molecule is CCCn1c(C2COCCN2)nc2cc(Br)ccc21. The van der Waals surface area contributed by atoms with E-state index < -0.39 is 0 Å². The molecule has 0 bridgehead atoms. The number of hydrogen-bond donors (Lipinski definition) is 1. The summed E-state index contributed by atoms with van der Waals surface area (Å²) >= 11 is 3.51. The van der Waals surface area contributed by atoms with E-state index in [1.54, 1.807) is 0 Å². The zero-order chi connectivity index (χ0) is 13.2. The van der Waals surface area contributed by atoms with Gasteiger partial charge in [0.15, 0.2) is 0 Å². The fraction of sp³-hybridized carbons (Fsp3) is 0.500. The standard InChI is InChI=1S/C14H18BrN3O/c1-2-6-18-13-4-3-10(15)8-11(13)17-14(18)12-9-19-7-5-16-12/h3-4,8,12,16H,2,5-7,9H2,1H3. The summed E-state index contributed by atoms with van der Waals surface area (Å²) in [6, 6.07) is 6.49. The van der Waals surface area contributed by atoms with E-state index in [0.29, 0.717) is 6.61 Å². The summed E-state index contributed by atoms with van der Waals surface area (Å²) < 4.78 is 8.95. The van der Waals surface area contributed by atoms with Crippen molar-refractivity contribution >= 4 is 27.0 Å². The molecule has 0 amide bonds. The zero-order valence-corrected chi connectivity index (χ0v) is 12.6. The number of halogens is 1. The van der Waals surface area contributed by atoms with E-state index in [9.17, 15) is 0 Å². The molecule has 1 atom stereocenters. The minimum atomic E-state index is 0.200. The van der Waals surface area contributed by atoms with Gasteiger partial charge in [0.25, 0.3) is 0 Å². The number of ether oxygens (including phenoxy) is 1. The van der Waals surface area contributed by atoms with E-state index in [2.05, 4.69) is 50.9 Å². The minimum absolute atomic E-state index is 0.200. The zero-order valence-electron chi connectivity index (χ0n) is 11.0. The largest absolute Gasteiger partial charge is 0.378 e. The summed E-state index contributed by atoms with van der Waals surface area (Å²) in [6.45, 7) is 5.57. The molecule has 1 saturated heterocycles. The maximum Gasteiger partial charge on any atom is 0.129 e. The van der Waals surface area contributed by atoms with Crippen LogP contribution in [-0.2, 0) is 11.3 Å². The lowest BCUT2D eigenvalue weighted by molar-refractivity contribution is 0.0732. The van der Waals surface area contributed by atoms with Crippen LogP contribution in [0.2, 0.25) is 0 Å². The molecule has 1 unspecified atom stereocenters. The number of rotatable bonds is 3. The predicted octanol–water partition coefficient (Wildman–Crippen LogP) is 2.87. The van der Waals surface area contributed by atoms with Crippen LogP contribution >= 0.6 is 15.9 Å². The van der Waals surface area contributed by atoms with E-state index in [-0.39, 0.29) is 6.04 Å². The number of fused-ring (bicyclic) bond motifs is 1. The molecule has 0 radical (unpaired) electrons. The van der Waals surface area contributed by atoms with Crippen molar-refractivity contribution < 1.29 is 4.74 Å². The molecule has 2 aromatic rings. The number of hydrogen-bond acceptors (Lipinski definition) is 3. The predicted molar refractivity (Wildman–Crippen MR) is 79.3 cm³/mol. The monoisotopic (exact) mass is 323 g/mol. The fourth-order valence-electron chi connectivity index (χ4n) is 2.58. The Bertz CT molecular complexity index is 575. The van der Waals surface area contributed by atoms with Crippen molar-refractivity contribution in [3.8, 4) is 0 Å². The van der Waals surface area contributed by atoms with Gasteiger partial charge in [-0.2, -0.15) is 0 Å². The van der Waals surface area contributed by atoms with Crippen LogP contribution in [-0.4, -0.2) is 29.3 Å². The number of morpholine rings is 1. The van der Waals surface area contributed by atoms with Gasteiger partial charge in [-0.1, -0.05) is 22.9 Å². The Hall–Kier alpha value is -0.910. The first-order valence-electron chi connectivity index (χ1n) is 6.76. The maximum absolute atomic E-state index is 5.56. The first kappa shape index (κ1) is 13.1. The number of benzene rings is 1. The van der Waals surface area contributed by atoms with Crippen molar-refractivity contribution in [1.82, 2.24) is 14.9 Å². The molecule has 1 aromatic heterocycles. The van der Waals surface area contributed by atoms with Gasteiger partial charge < -0.3 is 14.6 Å². The Kier molecular flexibility index (Phi) is 3.86. The molecule has 1 fully saturated rings. The highest BCUT2D eigenvalue weighted by molar-refractivity contribution is 9.10. The van der Waals surface area contributed by atoms with Crippen LogP contribution in [0, 0.1) is 0 Å². The average Bonchev–Trinajstić information content (AvgIpc) is 2.78. The molecule has 19 heavy (non-hydrogen) atoms. The van der Waals surface area contributed by atoms with Crippen LogP contribution in [0.25, 0.3) is 11.0 Å². The summed E-state index contributed by atoms with van der Waals surface area (Å²) in [5.74, 6) is 1.09. The highest BCUT2D eigenvalue weighted by atomic mass is 79.9. The molecule has 4 nitrogen and oxygen atoms in total. The van der Waals surface area contributed by atoms with Gasteiger partial charge in [-0.15, -0.1) is 0 Å². The van der Waals surface area contributed by atoms with Crippen molar-refractivity contribution in [2.45, 2.75) is 25.9 Å². The van der Waals surface area contributed by atoms with E-state index in [4.69, 9.17) is 9.72 Å². The van der Waals surface area contributed by atoms with Crippen LogP contribution in [0.4, 0.5) is 0 Å². The van der Waals surface area contributed by atoms with E-state index in [1.807, 2.05) is 0 Å². The van der Waals surface area contributed by atoms with Gasteiger partial charge in [0.1, 0.15) is 5.82 Å². The lowest BCUT2D eigenvalue weighted by Gasteiger charge is -2.24. The topological polar surface area (TPSA) is 39.1 Å². The molecule has 5 heteroatoms. The van der Waals surface area contributed by atoms with E-state index >= 15 is 0 Å². The molecule has 0 aliphatic carbocycles. The van der Waals surface area contributed by atoms with Crippen LogP contribution in [0.5, 0.6) is 0 Å².